The Kier molecular flexibility index (Phi) is 12.5. The zero-order chi connectivity index (χ0) is 31.9. The fraction of sp³-hybridized carbons (Fsp3) is 0.273. The number of carbonyl (C=O) groups excluding carboxylic acids is 2. The predicted molar refractivity (Wildman–Crippen MR) is 175 cm³/mol. The molecule has 4 rings (SSSR count). The lowest BCUT2D eigenvalue weighted by Gasteiger charge is -2.12. The van der Waals surface area contributed by atoms with Crippen LogP contribution >= 0.6 is 0 Å². The van der Waals surface area contributed by atoms with E-state index in [4.69, 9.17) is 15.2 Å². The molecule has 6 N–H and O–H groups in total. The first-order valence-electron chi connectivity index (χ1n) is 14.7. The van der Waals surface area contributed by atoms with Gasteiger partial charge in [0.05, 0.1) is 24.2 Å². The minimum Gasteiger partial charge on any atom is -0.491 e. The molecule has 0 atom stereocenters. The molecule has 0 aliphatic rings. The van der Waals surface area contributed by atoms with E-state index in [9.17, 15) is 14.0 Å². The molecule has 0 saturated heterocycles. The molecule has 0 radical (unpaired) electrons. The SMILES string of the molecule is COCCOc1ccc(Nc2ncc(F)c(Nc3cccc(NC(=O)CCCCCCC(=O)Nc4ccccc4N)c3)n2)cc1. The molecule has 1 heterocycles. The van der Waals surface area contributed by atoms with Crippen molar-refractivity contribution in [1.29, 1.82) is 0 Å². The van der Waals surface area contributed by atoms with Crippen LogP contribution in [0.1, 0.15) is 38.5 Å². The van der Waals surface area contributed by atoms with Crippen molar-refractivity contribution < 1.29 is 23.5 Å². The number of unbranched alkanes of at least 4 members (excludes halogenated alkanes) is 3. The number of nitrogens with zero attached hydrogens (tertiary/aromatic N) is 2. The summed E-state index contributed by atoms with van der Waals surface area (Å²) in [6, 6.07) is 21.3. The number of para-hydroxylation sites is 2. The Labute approximate surface area is 261 Å². The number of anilines is 7. The van der Waals surface area contributed by atoms with Crippen LogP contribution in [0.25, 0.3) is 0 Å². The fourth-order valence-corrected chi connectivity index (χ4v) is 4.30. The second kappa shape index (κ2) is 17.2. The molecule has 4 aromatic rings. The van der Waals surface area contributed by atoms with Crippen LogP contribution in [0.3, 0.4) is 0 Å². The van der Waals surface area contributed by atoms with Gasteiger partial charge in [-0.25, -0.2) is 9.37 Å². The summed E-state index contributed by atoms with van der Waals surface area (Å²) in [7, 11) is 1.61. The Morgan fingerprint density at radius 2 is 1.51 bits per heavy atom. The number of methoxy groups -OCH3 is 1. The van der Waals surface area contributed by atoms with Gasteiger partial charge in [-0.15, -0.1) is 0 Å². The summed E-state index contributed by atoms with van der Waals surface area (Å²) < 4.78 is 25.1. The molecule has 0 aliphatic carbocycles. The highest BCUT2D eigenvalue weighted by atomic mass is 19.1. The van der Waals surface area contributed by atoms with Gasteiger partial charge in [0.25, 0.3) is 0 Å². The number of aromatic nitrogens is 2. The average molecular weight is 616 g/mol. The van der Waals surface area contributed by atoms with Crippen molar-refractivity contribution in [3.8, 4) is 5.75 Å². The number of hydrogen-bond donors (Lipinski definition) is 5. The third-order valence-corrected chi connectivity index (χ3v) is 6.61. The van der Waals surface area contributed by atoms with Gasteiger partial charge >= 0.3 is 0 Å². The number of nitrogens with two attached hydrogens (primary N) is 1. The van der Waals surface area contributed by atoms with E-state index in [2.05, 4.69) is 31.2 Å². The number of hydrogen-bond acceptors (Lipinski definition) is 9. The van der Waals surface area contributed by atoms with Gasteiger partial charge in [-0.3, -0.25) is 9.59 Å². The molecule has 11 nitrogen and oxygen atoms in total. The van der Waals surface area contributed by atoms with Gasteiger partial charge in [-0.05, 0) is 67.4 Å². The Balaban J connectivity index is 1.19. The van der Waals surface area contributed by atoms with Crippen molar-refractivity contribution in [1.82, 2.24) is 9.97 Å². The number of halogens is 1. The lowest BCUT2D eigenvalue weighted by molar-refractivity contribution is -0.117. The number of rotatable bonds is 17. The quantitative estimate of drug-likeness (QED) is 0.0651. The topological polar surface area (TPSA) is 153 Å². The minimum absolute atomic E-state index is 0.0172. The van der Waals surface area contributed by atoms with Crippen LogP contribution < -0.4 is 31.7 Å². The number of nitrogen functional groups attached to an aromatic ring is 1. The normalized spacial score (nSPS) is 10.6. The van der Waals surface area contributed by atoms with E-state index in [1.165, 1.54) is 0 Å². The molecule has 0 unspecified atom stereocenters. The first kappa shape index (κ1) is 32.7. The van der Waals surface area contributed by atoms with Gasteiger partial charge in [0.15, 0.2) is 11.6 Å². The summed E-state index contributed by atoms with van der Waals surface area (Å²) in [5.74, 6) is 0.0506. The Hall–Kier alpha value is -5.23. The lowest BCUT2D eigenvalue weighted by atomic mass is 10.1. The molecule has 0 fully saturated rings. The van der Waals surface area contributed by atoms with E-state index >= 15 is 0 Å². The van der Waals surface area contributed by atoms with Crippen LogP contribution in [0.5, 0.6) is 5.75 Å². The van der Waals surface area contributed by atoms with Gasteiger partial charge in [0.2, 0.25) is 17.8 Å². The first-order valence-corrected chi connectivity index (χ1v) is 14.7. The minimum atomic E-state index is -0.626. The van der Waals surface area contributed by atoms with Crippen LogP contribution in [-0.4, -0.2) is 42.1 Å². The monoisotopic (exact) mass is 615 g/mol. The summed E-state index contributed by atoms with van der Waals surface area (Å²) in [6.07, 6.45) is 4.90. The highest BCUT2D eigenvalue weighted by Gasteiger charge is 2.10. The molecule has 12 heteroatoms. The second-order valence-electron chi connectivity index (χ2n) is 10.2. The van der Waals surface area contributed by atoms with Crippen LogP contribution in [0, 0.1) is 5.82 Å². The molecule has 236 valence electrons. The fourth-order valence-electron chi connectivity index (χ4n) is 4.30. The van der Waals surface area contributed by atoms with E-state index in [0.717, 1.165) is 25.5 Å². The molecule has 45 heavy (non-hydrogen) atoms. The van der Waals surface area contributed by atoms with E-state index < -0.39 is 5.82 Å². The van der Waals surface area contributed by atoms with Gasteiger partial charge < -0.3 is 36.5 Å². The highest BCUT2D eigenvalue weighted by Crippen LogP contribution is 2.24. The summed E-state index contributed by atoms with van der Waals surface area (Å²) in [5.41, 5.74) is 8.83. The average Bonchev–Trinajstić information content (AvgIpc) is 3.03. The third kappa shape index (κ3) is 11.1. The van der Waals surface area contributed by atoms with E-state index in [-0.39, 0.29) is 23.6 Å². The lowest BCUT2D eigenvalue weighted by Crippen LogP contribution is -2.12. The smallest absolute Gasteiger partial charge is 0.229 e. The van der Waals surface area contributed by atoms with Gasteiger partial charge in [0, 0.05) is 37.0 Å². The van der Waals surface area contributed by atoms with Crippen molar-refractivity contribution in [2.24, 2.45) is 0 Å². The predicted octanol–water partition coefficient (Wildman–Crippen LogP) is 6.63. The van der Waals surface area contributed by atoms with Crippen LogP contribution in [0.15, 0.2) is 79.0 Å². The van der Waals surface area contributed by atoms with Gasteiger partial charge in [-0.1, -0.05) is 31.0 Å². The number of ether oxygens (including phenoxy) is 2. The number of benzene rings is 3. The zero-order valence-electron chi connectivity index (χ0n) is 25.1. The summed E-state index contributed by atoms with van der Waals surface area (Å²) in [6.45, 7) is 0.936. The molecule has 0 saturated carbocycles. The summed E-state index contributed by atoms with van der Waals surface area (Å²) >= 11 is 0. The van der Waals surface area contributed by atoms with Crippen molar-refractivity contribution in [2.75, 3.05) is 47.3 Å². The molecule has 2 amide bonds. The van der Waals surface area contributed by atoms with Crippen molar-refractivity contribution in [2.45, 2.75) is 38.5 Å². The van der Waals surface area contributed by atoms with Crippen molar-refractivity contribution >= 4 is 52.0 Å². The number of carbonyl (C=O) groups is 2. The largest absolute Gasteiger partial charge is 0.491 e. The number of nitrogens with one attached hydrogen (secondary N) is 4. The molecule has 0 spiro atoms. The van der Waals surface area contributed by atoms with Crippen molar-refractivity contribution in [3.63, 3.8) is 0 Å². The summed E-state index contributed by atoms with van der Waals surface area (Å²) in [5, 5.41) is 11.7. The van der Waals surface area contributed by atoms with Crippen molar-refractivity contribution in [3.05, 3.63) is 84.8 Å². The molecule has 0 aliphatic heterocycles. The second-order valence-corrected chi connectivity index (χ2v) is 10.2. The highest BCUT2D eigenvalue weighted by molar-refractivity contribution is 5.93. The zero-order valence-corrected chi connectivity index (χ0v) is 25.1. The number of amides is 2. The molecule has 1 aromatic heterocycles. The van der Waals surface area contributed by atoms with Crippen LogP contribution in [-0.2, 0) is 14.3 Å². The van der Waals surface area contributed by atoms with E-state index in [0.29, 0.717) is 66.7 Å². The Bertz CT molecular complexity index is 1550. The first-order chi connectivity index (χ1) is 21.9. The van der Waals surface area contributed by atoms with E-state index in [1.807, 2.05) is 12.1 Å². The Morgan fingerprint density at radius 1 is 0.800 bits per heavy atom. The molecular weight excluding hydrogens is 577 g/mol. The van der Waals surface area contributed by atoms with E-state index in [1.54, 1.807) is 67.8 Å². The van der Waals surface area contributed by atoms with Crippen LogP contribution in [0.4, 0.5) is 44.6 Å². The maximum Gasteiger partial charge on any atom is 0.229 e. The molecule has 0 bridgehead atoms. The maximum absolute atomic E-state index is 14.6. The standard InChI is InChI=1S/C33H38FN7O4/c1-44-19-20-45-26-17-15-23(16-18-26)39-33-36-22-27(34)32(41-33)38-25-10-8-9-24(21-25)37-30(42)13-4-2-3-5-14-31(43)40-29-12-7-6-11-28(29)35/h6-12,15-18,21-22H,2-5,13-14,19-20,35H2,1H3,(H,37,42)(H,40,43)(H2,36,38,39,41). The van der Waals surface area contributed by atoms with Gasteiger partial charge in [0.1, 0.15) is 12.4 Å². The summed E-state index contributed by atoms with van der Waals surface area (Å²) in [4.78, 5) is 32.9. The van der Waals surface area contributed by atoms with Gasteiger partial charge in [-0.2, -0.15) is 4.98 Å². The third-order valence-electron chi connectivity index (χ3n) is 6.61. The molecule has 3 aromatic carbocycles. The maximum atomic E-state index is 14.6. The Morgan fingerprint density at radius 3 is 2.24 bits per heavy atom. The van der Waals surface area contributed by atoms with Crippen LogP contribution in [0.2, 0.25) is 0 Å². The molecular formula is C33H38FN7O4.